The first-order chi connectivity index (χ1) is 11.9. The minimum Gasteiger partial charge on any atom is -0.486 e. The Balaban J connectivity index is 1.65. The molecule has 8 heteroatoms. The molecule has 4 nitrogen and oxygen atoms in total. The van der Waals surface area contributed by atoms with E-state index < -0.39 is 6.36 Å². The van der Waals surface area contributed by atoms with Gasteiger partial charge in [-0.1, -0.05) is 29.8 Å². The lowest BCUT2D eigenvalue weighted by Gasteiger charge is -2.20. The van der Waals surface area contributed by atoms with Crippen LogP contribution in [0.5, 0.6) is 17.2 Å². The lowest BCUT2D eigenvalue weighted by molar-refractivity contribution is -0.274. The number of nitrogens with one attached hydrogen (secondary N) is 1. The maximum Gasteiger partial charge on any atom is 0.573 e. The summed E-state index contributed by atoms with van der Waals surface area (Å²) in [6.45, 7) is 1.50. The van der Waals surface area contributed by atoms with Crippen LogP contribution < -0.4 is 19.5 Å². The predicted molar refractivity (Wildman–Crippen MR) is 86.1 cm³/mol. The third-order valence-corrected chi connectivity index (χ3v) is 3.78. The summed E-state index contributed by atoms with van der Waals surface area (Å²) in [7, 11) is 0. The largest absolute Gasteiger partial charge is 0.573 e. The molecule has 25 heavy (non-hydrogen) atoms. The highest BCUT2D eigenvalue weighted by atomic mass is 35.5. The van der Waals surface area contributed by atoms with Gasteiger partial charge in [0, 0.05) is 18.7 Å². The molecule has 0 saturated carbocycles. The van der Waals surface area contributed by atoms with E-state index in [-0.39, 0.29) is 12.3 Å². The highest BCUT2D eigenvalue weighted by Crippen LogP contribution is 2.38. The summed E-state index contributed by atoms with van der Waals surface area (Å²) >= 11 is 6.16. The Kier molecular flexibility index (Phi) is 5.24. The van der Waals surface area contributed by atoms with Crippen molar-refractivity contribution in [3.05, 3.63) is 52.5 Å². The summed E-state index contributed by atoms with van der Waals surface area (Å²) in [5.74, 6) is 0.861. The molecule has 0 fully saturated rings. The Hall–Kier alpha value is -2.12. The van der Waals surface area contributed by atoms with E-state index in [1.165, 1.54) is 12.1 Å². The summed E-state index contributed by atoms with van der Waals surface area (Å²) < 4.78 is 52.3. The van der Waals surface area contributed by atoms with Crippen LogP contribution in [0.15, 0.2) is 36.4 Å². The van der Waals surface area contributed by atoms with Crippen molar-refractivity contribution in [2.45, 2.75) is 19.5 Å². The second-order valence-electron chi connectivity index (χ2n) is 5.36. The zero-order chi connectivity index (χ0) is 17.9. The molecule has 134 valence electrons. The van der Waals surface area contributed by atoms with Gasteiger partial charge in [0.05, 0.1) is 5.02 Å². The first-order valence-corrected chi connectivity index (χ1v) is 7.92. The van der Waals surface area contributed by atoms with Crippen LogP contribution in [0.1, 0.15) is 11.1 Å². The van der Waals surface area contributed by atoms with Gasteiger partial charge in [0.2, 0.25) is 0 Å². The SMILES string of the molecule is FC(F)(F)Oc1ccccc1CNCc1cc(Cl)c2c(c1)OCCO2. The van der Waals surface area contributed by atoms with Gasteiger partial charge in [0.1, 0.15) is 19.0 Å². The number of para-hydroxylation sites is 1. The third kappa shape index (κ3) is 4.70. The van der Waals surface area contributed by atoms with Crippen LogP contribution in [0, 0.1) is 0 Å². The van der Waals surface area contributed by atoms with Crippen LogP contribution in [0.3, 0.4) is 0 Å². The second kappa shape index (κ2) is 7.41. The third-order valence-electron chi connectivity index (χ3n) is 3.50. The number of hydrogen-bond donors (Lipinski definition) is 1. The van der Waals surface area contributed by atoms with Crippen molar-refractivity contribution in [2.24, 2.45) is 0 Å². The van der Waals surface area contributed by atoms with Gasteiger partial charge in [-0.15, -0.1) is 13.2 Å². The van der Waals surface area contributed by atoms with Gasteiger partial charge < -0.3 is 19.5 Å². The summed E-state index contributed by atoms with van der Waals surface area (Å²) in [4.78, 5) is 0. The standard InChI is InChI=1S/C17H15ClF3NO3/c18-13-7-11(8-15-16(13)24-6-5-23-15)9-22-10-12-3-1-2-4-14(12)25-17(19,20)21/h1-4,7-8,22H,5-6,9-10H2. The van der Waals surface area contributed by atoms with E-state index in [2.05, 4.69) is 10.1 Å². The molecule has 0 radical (unpaired) electrons. The van der Waals surface area contributed by atoms with Crippen molar-refractivity contribution in [3.8, 4) is 17.2 Å². The fourth-order valence-electron chi connectivity index (χ4n) is 2.48. The van der Waals surface area contributed by atoms with Crippen LogP contribution in [0.4, 0.5) is 13.2 Å². The molecule has 2 aromatic rings. The van der Waals surface area contributed by atoms with Gasteiger partial charge in [0.15, 0.2) is 11.5 Å². The first kappa shape index (κ1) is 17.7. The average Bonchev–Trinajstić information content (AvgIpc) is 2.55. The summed E-state index contributed by atoms with van der Waals surface area (Å²) in [5.41, 5.74) is 1.24. The molecule has 0 aliphatic carbocycles. The molecule has 0 unspecified atom stereocenters. The van der Waals surface area contributed by atoms with Crippen molar-refractivity contribution in [1.82, 2.24) is 5.32 Å². The van der Waals surface area contributed by atoms with Gasteiger partial charge >= 0.3 is 6.36 Å². The van der Waals surface area contributed by atoms with E-state index in [1.807, 2.05) is 0 Å². The topological polar surface area (TPSA) is 39.7 Å². The van der Waals surface area contributed by atoms with Crippen LogP contribution in [-0.2, 0) is 13.1 Å². The van der Waals surface area contributed by atoms with Crippen molar-refractivity contribution in [2.75, 3.05) is 13.2 Å². The van der Waals surface area contributed by atoms with Gasteiger partial charge in [-0.05, 0) is 23.8 Å². The van der Waals surface area contributed by atoms with Crippen molar-refractivity contribution >= 4 is 11.6 Å². The molecule has 1 aliphatic rings. The Morgan fingerprint density at radius 2 is 1.84 bits per heavy atom. The quantitative estimate of drug-likeness (QED) is 0.848. The molecule has 1 heterocycles. The number of benzene rings is 2. The Labute approximate surface area is 147 Å². The zero-order valence-electron chi connectivity index (χ0n) is 13.0. The molecule has 1 N–H and O–H groups in total. The molecule has 0 amide bonds. The molecule has 0 bridgehead atoms. The molecule has 0 atom stereocenters. The van der Waals surface area contributed by atoms with Crippen molar-refractivity contribution < 1.29 is 27.4 Å². The predicted octanol–water partition coefficient (Wildman–Crippen LogP) is 4.30. The molecule has 0 aromatic heterocycles. The summed E-state index contributed by atoms with van der Waals surface area (Å²) in [5, 5.41) is 3.52. The van der Waals surface area contributed by atoms with E-state index in [4.69, 9.17) is 21.1 Å². The van der Waals surface area contributed by atoms with Crippen LogP contribution in [0.25, 0.3) is 0 Å². The van der Waals surface area contributed by atoms with E-state index in [0.29, 0.717) is 41.8 Å². The zero-order valence-corrected chi connectivity index (χ0v) is 13.8. The maximum absolute atomic E-state index is 12.4. The van der Waals surface area contributed by atoms with Gasteiger partial charge in [-0.2, -0.15) is 0 Å². The Morgan fingerprint density at radius 1 is 1.08 bits per heavy atom. The van der Waals surface area contributed by atoms with Crippen molar-refractivity contribution in [1.29, 1.82) is 0 Å². The monoisotopic (exact) mass is 373 g/mol. The van der Waals surface area contributed by atoms with Crippen molar-refractivity contribution in [3.63, 3.8) is 0 Å². The lowest BCUT2D eigenvalue weighted by Crippen LogP contribution is -2.20. The molecule has 3 rings (SSSR count). The van der Waals surface area contributed by atoms with E-state index in [1.54, 1.807) is 24.3 Å². The number of fused-ring (bicyclic) bond motifs is 1. The van der Waals surface area contributed by atoms with E-state index in [9.17, 15) is 13.2 Å². The van der Waals surface area contributed by atoms with Gasteiger partial charge in [-0.3, -0.25) is 0 Å². The Morgan fingerprint density at radius 3 is 2.64 bits per heavy atom. The Bertz CT molecular complexity index is 752. The highest BCUT2D eigenvalue weighted by molar-refractivity contribution is 6.32. The number of rotatable bonds is 5. The average molecular weight is 374 g/mol. The number of halogens is 4. The molecule has 0 saturated heterocycles. The second-order valence-corrected chi connectivity index (χ2v) is 5.77. The molecular formula is C17H15ClF3NO3. The smallest absolute Gasteiger partial charge is 0.486 e. The van der Waals surface area contributed by atoms with Crippen LogP contribution in [0.2, 0.25) is 5.02 Å². The molecular weight excluding hydrogens is 359 g/mol. The summed E-state index contributed by atoms with van der Waals surface area (Å²) in [6, 6.07) is 9.54. The number of ether oxygens (including phenoxy) is 3. The summed E-state index contributed by atoms with van der Waals surface area (Å²) in [6.07, 6.45) is -4.72. The van der Waals surface area contributed by atoms with Gasteiger partial charge in [0.25, 0.3) is 0 Å². The highest BCUT2D eigenvalue weighted by Gasteiger charge is 2.31. The maximum atomic E-state index is 12.4. The minimum absolute atomic E-state index is 0.207. The van der Waals surface area contributed by atoms with Crippen LogP contribution >= 0.6 is 11.6 Å². The minimum atomic E-state index is -4.72. The fraction of sp³-hybridized carbons (Fsp3) is 0.294. The number of hydrogen-bond acceptors (Lipinski definition) is 4. The first-order valence-electron chi connectivity index (χ1n) is 7.55. The van der Waals surface area contributed by atoms with E-state index in [0.717, 1.165) is 5.56 Å². The molecule has 1 aliphatic heterocycles. The van der Waals surface area contributed by atoms with E-state index >= 15 is 0 Å². The van der Waals surface area contributed by atoms with Crippen LogP contribution in [-0.4, -0.2) is 19.6 Å². The molecule has 0 spiro atoms. The number of alkyl halides is 3. The normalized spacial score (nSPS) is 13.6. The lowest BCUT2D eigenvalue weighted by atomic mass is 10.1. The molecule has 2 aromatic carbocycles. The fourth-order valence-corrected chi connectivity index (χ4v) is 2.77. The van der Waals surface area contributed by atoms with Gasteiger partial charge in [-0.25, -0.2) is 0 Å².